The van der Waals surface area contributed by atoms with Crippen LogP contribution in [0, 0.1) is 0 Å². The fourth-order valence-corrected chi connectivity index (χ4v) is 4.23. The minimum Gasteiger partial charge on any atom is -0.371 e. The highest BCUT2D eigenvalue weighted by Gasteiger charge is 2.14. The Morgan fingerprint density at radius 1 is 0.618 bits per heavy atom. The maximum absolute atomic E-state index is 5.94. The molecule has 4 heteroatoms. The van der Waals surface area contributed by atoms with Gasteiger partial charge in [0, 0.05) is 33.8 Å². The minimum absolute atomic E-state index is 0.458. The molecule has 1 nitrogen and oxygen atoms in total. The van der Waals surface area contributed by atoms with E-state index in [-0.39, 0.29) is 0 Å². The van der Waals surface area contributed by atoms with Crippen molar-refractivity contribution in [3.8, 4) is 0 Å². The molecule has 0 amide bonds. The Balaban J connectivity index is 0.000000182. The highest BCUT2D eigenvalue weighted by atomic mass is 35.5. The van der Waals surface area contributed by atoms with Crippen LogP contribution in [0.25, 0.3) is 0 Å². The Labute approximate surface area is 222 Å². The van der Waals surface area contributed by atoms with E-state index in [1.807, 2.05) is 24.3 Å². The number of rotatable bonds is 4. The Kier molecular flexibility index (Phi) is 11.8. The molecule has 0 unspecified atom stereocenters. The van der Waals surface area contributed by atoms with Gasteiger partial charge in [0.05, 0.1) is 0 Å². The van der Waals surface area contributed by atoms with Crippen molar-refractivity contribution in [2.75, 3.05) is 18.0 Å². The summed E-state index contributed by atoms with van der Waals surface area (Å²) >= 11 is 17.4. The monoisotopic (exact) mass is 517 g/mol. The van der Waals surface area contributed by atoms with Gasteiger partial charge in [-0.1, -0.05) is 107 Å². The van der Waals surface area contributed by atoms with Gasteiger partial charge in [0.25, 0.3) is 0 Å². The van der Waals surface area contributed by atoms with Gasteiger partial charge in [0.1, 0.15) is 0 Å². The molecule has 0 atom stereocenters. The summed E-state index contributed by atoms with van der Waals surface area (Å²) in [5.74, 6) is 1.69. The Morgan fingerprint density at radius 3 is 1.68 bits per heavy atom. The molecule has 0 bridgehead atoms. The van der Waals surface area contributed by atoms with Gasteiger partial charge in [0.15, 0.2) is 0 Å². The zero-order valence-electron chi connectivity index (χ0n) is 21.3. The molecule has 0 aromatic heterocycles. The molecule has 1 heterocycles. The van der Waals surface area contributed by atoms with Crippen LogP contribution in [0.15, 0.2) is 66.7 Å². The predicted octanol–water partition coefficient (Wildman–Crippen LogP) is 10.6. The molecular weight excluding hydrogens is 481 g/mol. The minimum atomic E-state index is 0.458. The van der Waals surface area contributed by atoms with Crippen LogP contribution in [-0.4, -0.2) is 13.1 Å². The van der Waals surface area contributed by atoms with E-state index in [9.17, 15) is 0 Å². The predicted molar refractivity (Wildman–Crippen MR) is 153 cm³/mol. The van der Waals surface area contributed by atoms with Crippen LogP contribution in [0.3, 0.4) is 0 Å². The van der Waals surface area contributed by atoms with Crippen molar-refractivity contribution in [1.82, 2.24) is 0 Å². The van der Waals surface area contributed by atoms with Crippen LogP contribution in [0.4, 0.5) is 5.69 Å². The SMILES string of the molecule is CC(C)c1ccc(Cl)cc1.CC(C)c1ccc(Cl)cc1Cl.CC(C)c1cccc(N2CCC2)c1. The van der Waals surface area contributed by atoms with Crippen molar-refractivity contribution in [3.05, 3.63) is 98.5 Å². The lowest BCUT2D eigenvalue weighted by Gasteiger charge is -2.33. The highest BCUT2D eigenvalue weighted by molar-refractivity contribution is 6.35. The molecule has 1 saturated heterocycles. The van der Waals surface area contributed by atoms with Crippen molar-refractivity contribution in [3.63, 3.8) is 0 Å². The largest absolute Gasteiger partial charge is 0.371 e. The molecule has 3 aromatic carbocycles. The zero-order valence-corrected chi connectivity index (χ0v) is 23.6. The van der Waals surface area contributed by atoms with Gasteiger partial charge < -0.3 is 4.90 Å². The lowest BCUT2D eigenvalue weighted by atomic mass is 10.0. The zero-order chi connectivity index (χ0) is 25.3. The Hall–Kier alpha value is -1.67. The third-order valence-corrected chi connectivity index (χ3v) is 6.69. The molecule has 0 saturated carbocycles. The van der Waals surface area contributed by atoms with E-state index in [0.717, 1.165) is 15.6 Å². The number of halogens is 3. The Bertz CT molecular complexity index is 1010. The first-order valence-electron chi connectivity index (χ1n) is 12.1. The molecule has 4 rings (SSSR count). The van der Waals surface area contributed by atoms with Gasteiger partial charge in [-0.25, -0.2) is 0 Å². The van der Waals surface area contributed by atoms with Crippen LogP contribution in [-0.2, 0) is 0 Å². The molecule has 1 aliphatic rings. The number of nitrogens with zero attached hydrogens (tertiary/aromatic N) is 1. The number of hydrogen-bond acceptors (Lipinski definition) is 1. The van der Waals surface area contributed by atoms with Gasteiger partial charge in [-0.2, -0.15) is 0 Å². The lowest BCUT2D eigenvalue weighted by molar-refractivity contribution is 0.617. The summed E-state index contributed by atoms with van der Waals surface area (Å²) in [4.78, 5) is 2.44. The molecule has 0 N–H and O–H groups in total. The summed E-state index contributed by atoms with van der Waals surface area (Å²) in [6.45, 7) is 15.5. The smallest absolute Gasteiger partial charge is 0.0455 e. The van der Waals surface area contributed by atoms with Crippen molar-refractivity contribution >= 4 is 40.5 Å². The van der Waals surface area contributed by atoms with E-state index < -0.39 is 0 Å². The Morgan fingerprint density at radius 2 is 1.21 bits per heavy atom. The molecule has 0 aliphatic carbocycles. The number of benzene rings is 3. The first kappa shape index (κ1) is 28.6. The maximum atomic E-state index is 5.94. The van der Waals surface area contributed by atoms with E-state index >= 15 is 0 Å². The number of anilines is 1. The average molecular weight is 519 g/mol. The fourth-order valence-electron chi connectivity index (χ4n) is 3.47. The molecule has 184 valence electrons. The van der Waals surface area contributed by atoms with Gasteiger partial charge >= 0.3 is 0 Å². The van der Waals surface area contributed by atoms with E-state index in [1.54, 1.807) is 6.07 Å². The maximum Gasteiger partial charge on any atom is 0.0455 e. The summed E-state index contributed by atoms with van der Waals surface area (Å²) < 4.78 is 0. The first-order valence-corrected chi connectivity index (χ1v) is 13.3. The van der Waals surface area contributed by atoms with Gasteiger partial charge in [-0.3, -0.25) is 0 Å². The van der Waals surface area contributed by atoms with Gasteiger partial charge in [-0.15, -0.1) is 0 Å². The normalized spacial score (nSPS) is 12.6. The van der Waals surface area contributed by atoms with Crippen LogP contribution in [0.2, 0.25) is 15.1 Å². The summed E-state index contributed by atoms with van der Waals surface area (Å²) in [7, 11) is 0. The summed E-state index contributed by atoms with van der Waals surface area (Å²) in [6.07, 6.45) is 1.35. The molecule has 0 spiro atoms. The van der Waals surface area contributed by atoms with E-state index in [0.29, 0.717) is 22.8 Å². The standard InChI is InChI=1S/C12H17N.C9H10Cl2.C9H11Cl/c1-10(2)11-5-3-6-12(9-11)13-7-4-8-13;1-6(2)8-4-3-7(10)5-9(8)11;1-7(2)8-3-5-9(10)6-4-8/h3,5-6,9-10H,4,7-8H2,1-2H3;3-6H,1-2H3;3-7H,1-2H3. The summed E-state index contributed by atoms with van der Waals surface area (Å²) in [6, 6.07) is 22.5. The van der Waals surface area contributed by atoms with Crippen LogP contribution in [0.5, 0.6) is 0 Å². The second-order valence-corrected chi connectivity index (χ2v) is 10.9. The summed E-state index contributed by atoms with van der Waals surface area (Å²) in [5.41, 5.74) is 5.34. The quantitative estimate of drug-likeness (QED) is 0.332. The van der Waals surface area contributed by atoms with Crippen LogP contribution >= 0.6 is 34.8 Å². The molecule has 1 aliphatic heterocycles. The van der Waals surface area contributed by atoms with Gasteiger partial charge in [0.2, 0.25) is 0 Å². The summed E-state index contributed by atoms with van der Waals surface area (Å²) in [5, 5.41) is 2.26. The first-order chi connectivity index (χ1) is 16.1. The third kappa shape index (κ3) is 9.17. The second kappa shape index (κ2) is 14.0. The van der Waals surface area contributed by atoms with Crippen molar-refractivity contribution in [1.29, 1.82) is 0 Å². The lowest BCUT2D eigenvalue weighted by Crippen LogP contribution is -2.36. The second-order valence-electron chi connectivity index (χ2n) is 9.62. The third-order valence-electron chi connectivity index (χ3n) is 5.88. The van der Waals surface area contributed by atoms with E-state index in [2.05, 4.69) is 82.8 Å². The molecular formula is C30H38Cl3N. The van der Waals surface area contributed by atoms with E-state index in [4.69, 9.17) is 34.8 Å². The molecule has 34 heavy (non-hydrogen) atoms. The molecule has 3 aromatic rings. The van der Waals surface area contributed by atoms with Crippen LogP contribution in [0.1, 0.15) is 82.4 Å². The molecule has 1 fully saturated rings. The van der Waals surface area contributed by atoms with Crippen molar-refractivity contribution in [2.45, 2.75) is 65.7 Å². The topological polar surface area (TPSA) is 3.24 Å². The van der Waals surface area contributed by atoms with Crippen LogP contribution < -0.4 is 4.90 Å². The van der Waals surface area contributed by atoms with Crippen molar-refractivity contribution < 1.29 is 0 Å². The van der Waals surface area contributed by atoms with Gasteiger partial charge in [-0.05, 0) is 77.3 Å². The average Bonchev–Trinajstić information content (AvgIpc) is 2.73. The highest BCUT2D eigenvalue weighted by Crippen LogP contribution is 2.27. The number of hydrogen-bond donors (Lipinski definition) is 0. The fraction of sp³-hybridized carbons (Fsp3) is 0.400. The molecule has 0 radical (unpaired) electrons. The van der Waals surface area contributed by atoms with E-state index in [1.165, 1.54) is 36.3 Å². The van der Waals surface area contributed by atoms with Crippen molar-refractivity contribution in [2.24, 2.45) is 0 Å².